The Balaban J connectivity index is 1.78. The lowest BCUT2D eigenvalue weighted by Crippen LogP contribution is -2.37. The number of para-hydroxylation sites is 1. The van der Waals surface area contributed by atoms with Crippen LogP contribution in [0.25, 0.3) is 10.2 Å². The predicted octanol–water partition coefficient (Wildman–Crippen LogP) is 3.94. The Kier molecular flexibility index (Phi) is 6.53. The van der Waals surface area contributed by atoms with Gasteiger partial charge in [0.1, 0.15) is 5.82 Å². The molecule has 0 bridgehead atoms. The summed E-state index contributed by atoms with van der Waals surface area (Å²) in [5.74, 6) is -1.18. The van der Waals surface area contributed by atoms with E-state index in [4.69, 9.17) is 4.74 Å². The summed E-state index contributed by atoms with van der Waals surface area (Å²) in [5, 5.41) is 0.474. The summed E-state index contributed by atoms with van der Waals surface area (Å²) < 4.78 is 33.2. The SMILES string of the molecule is CN(C)CCCN(C(=O)COc1ccccc1F)c1nc2ccc(F)cc2s1. The fourth-order valence-corrected chi connectivity index (χ4v) is 3.69. The monoisotopic (exact) mass is 405 g/mol. The van der Waals surface area contributed by atoms with Crippen LogP contribution < -0.4 is 9.64 Å². The molecule has 0 aliphatic carbocycles. The molecule has 0 aliphatic heterocycles. The number of carbonyl (C=O) groups is 1. The van der Waals surface area contributed by atoms with Crippen molar-refractivity contribution in [3.63, 3.8) is 0 Å². The number of amides is 1. The number of thiazole rings is 1. The molecule has 0 aliphatic rings. The van der Waals surface area contributed by atoms with E-state index in [1.165, 1.54) is 40.5 Å². The van der Waals surface area contributed by atoms with Crippen LogP contribution in [0.3, 0.4) is 0 Å². The van der Waals surface area contributed by atoms with Gasteiger partial charge in [-0.2, -0.15) is 0 Å². The lowest BCUT2D eigenvalue weighted by Gasteiger charge is -2.21. The summed E-state index contributed by atoms with van der Waals surface area (Å²) in [6.45, 7) is 0.907. The van der Waals surface area contributed by atoms with E-state index in [2.05, 4.69) is 4.98 Å². The Morgan fingerprint density at radius 3 is 2.68 bits per heavy atom. The molecule has 0 saturated heterocycles. The maximum atomic E-state index is 13.7. The van der Waals surface area contributed by atoms with E-state index in [1.54, 1.807) is 18.2 Å². The third-order valence-corrected chi connectivity index (χ3v) is 5.09. The van der Waals surface area contributed by atoms with Gasteiger partial charge in [0.05, 0.1) is 10.2 Å². The maximum absolute atomic E-state index is 13.7. The predicted molar refractivity (Wildman–Crippen MR) is 107 cm³/mol. The summed E-state index contributed by atoms with van der Waals surface area (Å²) in [4.78, 5) is 20.8. The number of rotatable bonds is 8. The Bertz CT molecular complexity index is 962. The van der Waals surface area contributed by atoms with Crippen molar-refractivity contribution in [2.45, 2.75) is 6.42 Å². The van der Waals surface area contributed by atoms with Gasteiger partial charge in [0.15, 0.2) is 23.3 Å². The average Bonchev–Trinajstić information content (AvgIpc) is 3.06. The van der Waals surface area contributed by atoms with E-state index in [1.807, 2.05) is 19.0 Å². The molecular weight excluding hydrogens is 384 g/mol. The first kappa shape index (κ1) is 20.2. The Hall–Kier alpha value is -2.58. The van der Waals surface area contributed by atoms with Gasteiger partial charge in [0.2, 0.25) is 0 Å². The highest BCUT2D eigenvalue weighted by Gasteiger charge is 2.21. The number of benzene rings is 2. The van der Waals surface area contributed by atoms with Crippen LogP contribution in [0.15, 0.2) is 42.5 Å². The molecule has 3 rings (SSSR count). The molecule has 0 fully saturated rings. The summed E-state index contributed by atoms with van der Waals surface area (Å²) in [7, 11) is 3.90. The van der Waals surface area contributed by atoms with Gasteiger partial charge in [-0.15, -0.1) is 0 Å². The molecule has 0 radical (unpaired) electrons. The van der Waals surface area contributed by atoms with Crippen molar-refractivity contribution in [2.24, 2.45) is 0 Å². The molecule has 0 saturated carbocycles. The largest absolute Gasteiger partial charge is 0.481 e. The normalized spacial score (nSPS) is 11.2. The molecule has 5 nitrogen and oxygen atoms in total. The van der Waals surface area contributed by atoms with Crippen molar-refractivity contribution in [2.75, 3.05) is 38.7 Å². The minimum absolute atomic E-state index is 0.0236. The van der Waals surface area contributed by atoms with E-state index in [0.29, 0.717) is 21.9 Å². The van der Waals surface area contributed by atoms with Crippen molar-refractivity contribution in [3.05, 3.63) is 54.1 Å². The third-order valence-electron chi connectivity index (χ3n) is 4.05. The van der Waals surface area contributed by atoms with Crippen molar-refractivity contribution in [1.29, 1.82) is 0 Å². The van der Waals surface area contributed by atoms with Gasteiger partial charge in [-0.3, -0.25) is 9.69 Å². The summed E-state index contributed by atoms with van der Waals surface area (Å²) >= 11 is 1.24. The van der Waals surface area contributed by atoms with E-state index in [9.17, 15) is 13.6 Å². The molecule has 148 valence electrons. The van der Waals surface area contributed by atoms with Gasteiger partial charge in [0, 0.05) is 6.54 Å². The molecular formula is C20H21F2N3O2S. The molecule has 28 heavy (non-hydrogen) atoms. The van der Waals surface area contributed by atoms with E-state index >= 15 is 0 Å². The molecule has 1 aromatic heterocycles. The van der Waals surface area contributed by atoms with E-state index in [0.717, 1.165) is 13.0 Å². The number of hydrogen-bond donors (Lipinski definition) is 0. The topological polar surface area (TPSA) is 45.7 Å². The van der Waals surface area contributed by atoms with Crippen LogP contribution in [0.5, 0.6) is 5.75 Å². The van der Waals surface area contributed by atoms with Gasteiger partial charge in [-0.1, -0.05) is 23.5 Å². The number of anilines is 1. The average molecular weight is 405 g/mol. The number of nitrogens with zero attached hydrogens (tertiary/aromatic N) is 3. The van der Waals surface area contributed by atoms with E-state index < -0.39 is 5.82 Å². The van der Waals surface area contributed by atoms with Crippen LogP contribution in [0, 0.1) is 11.6 Å². The highest BCUT2D eigenvalue weighted by molar-refractivity contribution is 7.22. The second-order valence-electron chi connectivity index (χ2n) is 6.53. The smallest absolute Gasteiger partial charge is 0.266 e. The third kappa shape index (κ3) is 5.02. The zero-order chi connectivity index (χ0) is 20.1. The molecule has 1 heterocycles. The fourth-order valence-electron chi connectivity index (χ4n) is 2.65. The second-order valence-corrected chi connectivity index (χ2v) is 7.54. The first-order valence-electron chi connectivity index (χ1n) is 8.82. The lowest BCUT2D eigenvalue weighted by atomic mass is 10.3. The lowest BCUT2D eigenvalue weighted by molar-refractivity contribution is -0.120. The highest BCUT2D eigenvalue weighted by atomic mass is 32.1. The number of halogens is 2. The van der Waals surface area contributed by atoms with Gasteiger partial charge >= 0.3 is 0 Å². The van der Waals surface area contributed by atoms with Crippen LogP contribution in [-0.2, 0) is 4.79 Å². The van der Waals surface area contributed by atoms with E-state index in [-0.39, 0.29) is 24.1 Å². The second kappa shape index (κ2) is 9.07. The molecule has 1 amide bonds. The van der Waals surface area contributed by atoms with Gasteiger partial charge in [-0.05, 0) is 57.4 Å². The van der Waals surface area contributed by atoms with Crippen molar-refractivity contribution in [1.82, 2.24) is 9.88 Å². The van der Waals surface area contributed by atoms with Crippen LogP contribution >= 0.6 is 11.3 Å². The number of hydrogen-bond acceptors (Lipinski definition) is 5. The number of fused-ring (bicyclic) bond motifs is 1. The maximum Gasteiger partial charge on any atom is 0.266 e. The Labute approximate surface area is 166 Å². The Morgan fingerprint density at radius 1 is 1.14 bits per heavy atom. The van der Waals surface area contributed by atoms with Crippen LogP contribution in [-0.4, -0.2) is 49.6 Å². The van der Waals surface area contributed by atoms with Gasteiger partial charge in [-0.25, -0.2) is 13.8 Å². The molecule has 8 heteroatoms. The van der Waals surface area contributed by atoms with Gasteiger partial charge < -0.3 is 9.64 Å². The molecule has 3 aromatic rings. The standard InChI is InChI=1S/C20H21F2N3O2S/c1-24(2)10-5-11-25(19(26)13-27-17-7-4-3-6-15(17)22)20-23-16-9-8-14(21)12-18(16)28-20/h3-4,6-9,12H,5,10-11,13H2,1-2H3. The number of ether oxygens (including phenoxy) is 1. The molecule has 2 aromatic carbocycles. The van der Waals surface area contributed by atoms with Gasteiger partial charge in [0.25, 0.3) is 5.91 Å². The molecule has 0 unspecified atom stereocenters. The fraction of sp³-hybridized carbons (Fsp3) is 0.300. The highest BCUT2D eigenvalue weighted by Crippen LogP contribution is 2.29. The molecule has 0 N–H and O–H groups in total. The first-order chi connectivity index (χ1) is 13.4. The van der Waals surface area contributed by atoms with Crippen molar-refractivity contribution < 1.29 is 18.3 Å². The first-order valence-corrected chi connectivity index (χ1v) is 9.64. The summed E-state index contributed by atoms with van der Waals surface area (Å²) in [6, 6.07) is 10.3. The van der Waals surface area contributed by atoms with Crippen LogP contribution in [0.2, 0.25) is 0 Å². The van der Waals surface area contributed by atoms with Crippen molar-refractivity contribution in [3.8, 4) is 5.75 Å². The zero-order valence-electron chi connectivity index (χ0n) is 15.7. The van der Waals surface area contributed by atoms with Crippen LogP contribution in [0.4, 0.5) is 13.9 Å². The van der Waals surface area contributed by atoms with Crippen molar-refractivity contribution >= 4 is 32.6 Å². The molecule has 0 spiro atoms. The molecule has 0 atom stereocenters. The minimum Gasteiger partial charge on any atom is -0.481 e. The summed E-state index contributed by atoms with van der Waals surface area (Å²) in [5.41, 5.74) is 0.627. The summed E-state index contributed by atoms with van der Waals surface area (Å²) in [6.07, 6.45) is 0.725. The minimum atomic E-state index is -0.523. The zero-order valence-corrected chi connectivity index (χ0v) is 16.5. The Morgan fingerprint density at radius 2 is 1.93 bits per heavy atom. The number of aromatic nitrogens is 1. The van der Waals surface area contributed by atoms with Crippen LogP contribution in [0.1, 0.15) is 6.42 Å². The number of carbonyl (C=O) groups excluding carboxylic acids is 1. The quantitative estimate of drug-likeness (QED) is 0.570.